The largest absolute Gasteiger partial charge is 0.356 e. The van der Waals surface area contributed by atoms with Crippen LogP contribution in [0.15, 0.2) is 24.3 Å². The van der Waals surface area contributed by atoms with Crippen molar-refractivity contribution >= 4 is 35.2 Å². The highest BCUT2D eigenvalue weighted by molar-refractivity contribution is 7.99. The highest BCUT2D eigenvalue weighted by atomic mass is 35.5. The lowest BCUT2D eigenvalue weighted by atomic mass is 9.97. The molecule has 1 aliphatic heterocycles. The molecule has 4 nitrogen and oxygen atoms in total. The molecule has 1 fully saturated rings. The van der Waals surface area contributed by atoms with Gasteiger partial charge in [0.15, 0.2) is 0 Å². The molecule has 1 aromatic rings. The summed E-state index contributed by atoms with van der Waals surface area (Å²) in [6.45, 7) is 3.85. The van der Waals surface area contributed by atoms with Gasteiger partial charge in [-0.2, -0.15) is 0 Å². The van der Waals surface area contributed by atoms with Crippen LogP contribution in [0.3, 0.4) is 0 Å². The number of amides is 2. The summed E-state index contributed by atoms with van der Waals surface area (Å²) in [5.41, 5.74) is 1.14. The number of nitrogens with one attached hydrogen (secondary N) is 1. The van der Waals surface area contributed by atoms with Crippen molar-refractivity contribution in [2.75, 3.05) is 25.4 Å². The molecule has 2 rings (SSSR count). The van der Waals surface area contributed by atoms with Crippen molar-refractivity contribution in [2.24, 2.45) is 5.92 Å². The fourth-order valence-corrected chi connectivity index (χ4v) is 3.74. The van der Waals surface area contributed by atoms with Crippen LogP contribution in [-0.2, 0) is 15.3 Å². The molecule has 1 heterocycles. The first-order chi connectivity index (χ1) is 11.0. The van der Waals surface area contributed by atoms with Crippen molar-refractivity contribution in [2.45, 2.75) is 25.5 Å². The first-order valence-corrected chi connectivity index (χ1v) is 9.42. The number of thioether (sulfide) groups is 1. The third-order valence-electron chi connectivity index (χ3n) is 3.99. The Morgan fingerprint density at radius 2 is 2.09 bits per heavy atom. The molecule has 0 spiro atoms. The monoisotopic (exact) mass is 354 g/mol. The summed E-state index contributed by atoms with van der Waals surface area (Å²) in [5, 5.41) is 3.59. The van der Waals surface area contributed by atoms with Gasteiger partial charge in [-0.25, -0.2) is 0 Å². The molecule has 6 heteroatoms. The van der Waals surface area contributed by atoms with Gasteiger partial charge in [0.25, 0.3) is 0 Å². The van der Waals surface area contributed by atoms with Gasteiger partial charge in [-0.1, -0.05) is 23.7 Å². The number of carbonyl (C=O) groups excluding carboxylic acids is 2. The molecule has 23 heavy (non-hydrogen) atoms. The Hall–Kier alpha value is -1.20. The second-order valence-corrected chi connectivity index (χ2v) is 7.31. The summed E-state index contributed by atoms with van der Waals surface area (Å²) < 4.78 is 0. The number of piperidine rings is 1. The van der Waals surface area contributed by atoms with E-state index in [0.29, 0.717) is 11.7 Å². The summed E-state index contributed by atoms with van der Waals surface area (Å²) in [7, 11) is 0. The van der Waals surface area contributed by atoms with E-state index < -0.39 is 0 Å². The molecule has 0 unspecified atom stereocenters. The van der Waals surface area contributed by atoms with E-state index in [2.05, 4.69) is 5.32 Å². The first-order valence-electron chi connectivity index (χ1n) is 7.89. The predicted octanol–water partition coefficient (Wildman–Crippen LogP) is 2.95. The molecule has 0 bridgehead atoms. The second kappa shape index (κ2) is 9.18. The lowest BCUT2D eigenvalue weighted by Crippen LogP contribution is -2.42. The summed E-state index contributed by atoms with van der Waals surface area (Å²) in [6, 6.07) is 7.75. The molecular formula is C17H23ClN2O2S. The minimum Gasteiger partial charge on any atom is -0.356 e. The number of likely N-dealkylation sites (tertiary alicyclic amines) is 1. The van der Waals surface area contributed by atoms with Crippen LogP contribution < -0.4 is 5.32 Å². The molecule has 0 atom stereocenters. The summed E-state index contributed by atoms with van der Waals surface area (Å²) >= 11 is 7.58. The molecule has 1 aromatic carbocycles. The Kier molecular flexibility index (Phi) is 7.24. The maximum absolute atomic E-state index is 12.2. The van der Waals surface area contributed by atoms with E-state index in [1.54, 1.807) is 11.8 Å². The summed E-state index contributed by atoms with van der Waals surface area (Å²) in [5.74, 6) is 2.01. The molecule has 126 valence electrons. The molecule has 0 saturated carbocycles. The van der Waals surface area contributed by atoms with Crippen molar-refractivity contribution in [1.82, 2.24) is 10.2 Å². The Morgan fingerprint density at radius 1 is 1.35 bits per heavy atom. The molecule has 2 amide bonds. The van der Waals surface area contributed by atoms with E-state index in [1.165, 1.54) is 6.92 Å². The Labute approximate surface area is 146 Å². The van der Waals surface area contributed by atoms with Crippen molar-refractivity contribution in [3.8, 4) is 0 Å². The number of carbonyl (C=O) groups is 2. The van der Waals surface area contributed by atoms with E-state index >= 15 is 0 Å². The zero-order chi connectivity index (χ0) is 16.7. The van der Waals surface area contributed by atoms with Gasteiger partial charge in [0.2, 0.25) is 11.8 Å². The van der Waals surface area contributed by atoms with Gasteiger partial charge in [0, 0.05) is 37.3 Å². The van der Waals surface area contributed by atoms with Crippen molar-refractivity contribution in [1.29, 1.82) is 0 Å². The Morgan fingerprint density at radius 3 is 2.74 bits per heavy atom. The smallest absolute Gasteiger partial charge is 0.232 e. The highest BCUT2D eigenvalue weighted by Crippen LogP contribution is 2.20. The minimum absolute atomic E-state index is 0.0147. The molecule has 1 saturated heterocycles. The summed E-state index contributed by atoms with van der Waals surface area (Å²) in [4.78, 5) is 25.1. The molecule has 1 N–H and O–H groups in total. The number of rotatable bonds is 6. The Balaban J connectivity index is 1.66. The van der Waals surface area contributed by atoms with Gasteiger partial charge >= 0.3 is 0 Å². The number of nitrogens with zero attached hydrogens (tertiary/aromatic N) is 1. The SMILES string of the molecule is CC(=O)NCC1CCN(C(=O)CSCc2cccc(Cl)c2)CC1. The lowest BCUT2D eigenvalue weighted by Gasteiger charge is -2.32. The average Bonchev–Trinajstić information content (AvgIpc) is 2.53. The molecule has 0 radical (unpaired) electrons. The number of hydrogen-bond donors (Lipinski definition) is 1. The van der Waals surface area contributed by atoms with E-state index in [9.17, 15) is 9.59 Å². The van der Waals surface area contributed by atoms with Crippen LogP contribution in [0.25, 0.3) is 0 Å². The number of benzene rings is 1. The van der Waals surface area contributed by atoms with Crippen molar-refractivity contribution < 1.29 is 9.59 Å². The third kappa shape index (κ3) is 6.43. The van der Waals surface area contributed by atoms with Gasteiger partial charge in [-0.3, -0.25) is 9.59 Å². The van der Waals surface area contributed by atoms with Crippen LogP contribution >= 0.6 is 23.4 Å². The maximum atomic E-state index is 12.2. The molecule has 0 aliphatic carbocycles. The van der Waals surface area contributed by atoms with Crippen LogP contribution in [0.1, 0.15) is 25.3 Å². The second-order valence-electron chi connectivity index (χ2n) is 5.88. The zero-order valence-electron chi connectivity index (χ0n) is 13.4. The highest BCUT2D eigenvalue weighted by Gasteiger charge is 2.22. The number of hydrogen-bond acceptors (Lipinski definition) is 3. The minimum atomic E-state index is 0.0147. The molecular weight excluding hydrogens is 332 g/mol. The van der Waals surface area contributed by atoms with E-state index in [0.717, 1.165) is 48.8 Å². The summed E-state index contributed by atoms with van der Waals surface area (Å²) in [6.07, 6.45) is 1.93. The predicted molar refractivity (Wildman–Crippen MR) is 95.6 cm³/mol. The maximum Gasteiger partial charge on any atom is 0.232 e. The van der Waals surface area contributed by atoms with Crippen LogP contribution in [0.4, 0.5) is 0 Å². The third-order valence-corrected chi connectivity index (χ3v) is 5.21. The van der Waals surface area contributed by atoms with E-state index in [4.69, 9.17) is 11.6 Å². The normalized spacial score (nSPS) is 15.5. The lowest BCUT2D eigenvalue weighted by molar-refractivity contribution is -0.130. The van der Waals surface area contributed by atoms with Gasteiger partial charge in [0.1, 0.15) is 0 Å². The van der Waals surface area contributed by atoms with Gasteiger partial charge in [0.05, 0.1) is 5.75 Å². The van der Waals surface area contributed by atoms with Crippen LogP contribution in [-0.4, -0.2) is 42.1 Å². The Bertz CT molecular complexity index is 545. The zero-order valence-corrected chi connectivity index (χ0v) is 15.0. The average molecular weight is 355 g/mol. The topological polar surface area (TPSA) is 49.4 Å². The van der Waals surface area contributed by atoms with Crippen molar-refractivity contribution in [3.05, 3.63) is 34.9 Å². The van der Waals surface area contributed by atoms with Gasteiger partial charge in [-0.05, 0) is 36.5 Å². The fourth-order valence-electron chi connectivity index (χ4n) is 2.65. The van der Waals surface area contributed by atoms with Crippen LogP contribution in [0.2, 0.25) is 5.02 Å². The van der Waals surface area contributed by atoms with Gasteiger partial charge < -0.3 is 10.2 Å². The standard InChI is InChI=1S/C17H23ClN2O2S/c1-13(21)19-10-14-5-7-20(8-6-14)17(22)12-23-11-15-3-2-4-16(18)9-15/h2-4,9,14H,5-8,10-12H2,1H3,(H,19,21). The number of halogens is 1. The van der Waals surface area contributed by atoms with Crippen molar-refractivity contribution in [3.63, 3.8) is 0 Å². The van der Waals surface area contributed by atoms with Gasteiger partial charge in [-0.15, -0.1) is 11.8 Å². The fraction of sp³-hybridized carbons (Fsp3) is 0.529. The van der Waals surface area contributed by atoms with E-state index in [1.807, 2.05) is 29.2 Å². The van der Waals surface area contributed by atoms with Crippen LogP contribution in [0.5, 0.6) is 0 Å². The molecule has 1 aliphatic rings. The van der Waals surface area contributed by atoms with E-state index in [-0.39, 0.29) is 11.8 Å². The van der Waals surface area contributed by atoms with Crippen LogP contribution in [0, 0.1) is 5.92 Å². The molecule has 0 aromatic heterocycles. The first kappa shape index (κ1) is 18.1. The quantitative estimate of drug-likeness (QED) is 0.854.